The molecule has 0 radical (unpaired) electrons. The van der Waals surface area contributed by atoms with Crippen molar-refractivity contribution in [2.75, 3.05) is 31.1 Å². The normalized spacial score (nSPS) is 25.4. The lowest BCUT2D eigenvalue weighted by atomic mass is 9.91. The number of rotatable bonds is 5. The fraction of sp³-hybridized carbons (Fsp3) is 0.783. The molecule has 1 amide bonds. The van der Waals surface area contributed by atoms with Crippen LogP contribution in [0.4, 0.5) is 10.7 Å². The Morgan fingerprint density at radius 2 is 1.59 bits per heavy atom. The van der Waals surface area contributed by atoms with E-state index in [4.69, 9.17) is 14.2 Å². The summed E-state index contributed by atoms with van der Waals surface area (Å²) >= 11 is 0. The molecule has 32 heavy (non-hydrogen) atoms. The number of aromatic nitrogens is 2. The molecule has 1 aromatic heterocycles. The zero-order valence-corrected chi connectivity index (χ0v) is 19.4. The minimum Gasteiger partial charge on any atom is -0.487 e. The van der Waals surface area contributed by atoms with Gasteiger partial charge >= 0.3 is 6.09 Å². The lowest BCUT2D eigenvalue weighted by Crippen LogP contribution is -2.46. The van der Waals surface area contributed by atoms with E-state index in [1.54, 1.807) is 17.3 Å². The van der Waals surface area contributed by atoms with E-state index in [1.165, 1.54) is 0 Å². The highest BCUT2D eigenvalue weighted by atomic mass is 16.6. The highest BCUT2D eigenvalue weighted by Gasteiger charge is 2.35. The molecular weight excluding hydrogens is 412 g/mol. The van der Waals surface area contributed by atoms with E-state index in [2.05, 4.69) is 14.9 Å². The van der Waals surface area contributed by atoms with Gasteiger partial charge in [-0.15, -0.1) is 0 Å². The van der Waals surface area contributed by atoms with Crippen LogP contribution in [0.5, 0.6) is 5.75 Å². The van der Waals surface area contributed by atoms with E-state index in [9.17, 15) is 9.90 Å². The smallest absolute Gasteiger partial charge is 0.410 e. The number of anilines is 1. The van der Waals surface area contributed by atoms with E-state index in [0.717, 1.165) is 51.6 Å². The molecule has 0 aromatic carbocycles. The van der Waals surface area contributed by atoms with Crippen LogP contribution in [0.1, 0.15) is 59.3 Å². The number of amides is 1. The number of aliphatic hydroxyl groups is 1. The van der Waals surface area contributed by atoms with Crippen LogP contribution < -0.4 is 9.64 Å². The molecule has 3 aliphatic rings. The summed E-state index contributed by atoms with van der Waals surface area (Å²) in [5, 5.41) is 9.63. The van der Waals surface area contributed by atoms with Gasteiger partial charge in [-0.2, -0.15) is 0 Å². The van der Waals surface area contributed by atoms with E-state index in [-0.39, 0.29) is 30.5 Å². The van der Waals surface area contributed by atoms with Crippen molar-refractivity contribution in [1.82, 2.24) is 14.9 Å². The van der Waals surface area contributed by atoms with Gasteiger partial charge in [-0.25, -0.2) is 14.8 Å². The number of hydrogen-bond acceptors (Lipinski definition) is 8. The lowest BCUT2D eigenvalue weighted by molar-refractivity contribution is -0.110. The van der Waals surface area contributed by atoms with Crippen molar-refractivity contribution < 1.29 is 24.1 Å². The minimum absolute atomic E-state index is 0.126. The van der Waals surface area contributed by atoms with Crippen LogP contribution in [0.25, 0.3) is 0 Å². The van der Waals surface area contributed by atoms with Crippen LogP contribution >= 0.6 is 0 Å². The van der Waals surface area contributed by atoms with E-state index < -0.39 is 5.60 Å². The van der Waals surface area contributed by atoms with Crippen molar-refractivity contribution in [2.45, 2.75) is 89.3 Å². The van der Waals surface area contributed by atoms with Gasteiger partial charge in [0.25, 0.3) is 0 Å². The summed E-state index contributed by atoms with van der Waals surface area (Å²) in [5.41, 5.74) is -0.464. The topological polar surface area (TPSA) is 97.2 Å². The zero-order valence-electron chi connectivity index (χ0n) is 19.4. The van der Waals surface area contributed by atoms with Crippen LogP contribution in [0.3, 0.4) is 0 Å². The average Bonchev–Trinajstić information content (AvgIpc) is 2.72. The Morgan fingerprint density at radius 1 is 0.969 bits per heavy atom. The first-order chi connectivity index (χ1) is 15.2. The fourth-order valence-corrected chi connectivity index (χ4v) is 4.29. The quantitative estimate of drug-likeness (QED) is 0.734. The number of ether oxygens (including phenoxy) is 3. The van der Waals surface area contributed by atoms with Crippen molar-refractivity contribution in [2.24, 2.45) is 0 Å². The zero-order chi connectivity index (χ0) is 22.7. The van der Waals surface area contributed by atoms with Gasteiger partial charge in [0.2, 0.25) is 5.95 Å². The highest BCUT2D eigenvalue weighted by molar-refractivity contribution is 5.68. The molecule has 1 aliphatic carbocycles. The second kappa shape index (κ2) is 9.79. The SMILES string of the molecule is CC(C)(C)OC(=O)N1CCC(O[C@H]2C[C@H](Oc3cnc(N4CCC(O)CC4)nc3)C2)CC1. The molecule has 4 rings (SSSR count). The number of likely N-dealkylation sites (tertiary alicyclic amines) is 1. The van der Waals surface area contributed by atoms with E-state index in [0.29, 0.717) is 24.8 Å². The van der Waals surface area contributed by atoms with Gasteiger partial charge in [0.15, 0.2) is 5.75 Å². The van der Waals surface area contributed by atoms with Gasteiger partial charge in [0.1, 0.15) is 11.7 Å². The summed E-state index contributed by atoms with van der Waals surface area (Å²) in [5.74, 6) is 1.37. The first kappa shape index (κ1) is 23.0. The van der Waals surface area contributed by atoms with Crippen LogP contribution in [0.2, 0.25) is 0 Å². The average molecular weight is 449 g/mol. The highest BCUT2D eigenvalue weighted by Crippen LogP contribution is 2.31. The fourth-order valence-electron chi connectivity index (χ4n) is 4.29. The Kier molecular flexibility index (Phi) is 7.05. The third-order valence-corrected chi connectivity index (χ3v) is 6.19. The number of piperidine rings is 2. The Morgan fingerprint density at radius 3 is 2.19 bits per heavy atom. The van der Waals surface area contributed by atoms with Crippen LogP contribution in [0, 0.1) is 0 Å². The summed E-state index contributed by atoms with van der Waals surface area (Å²) in [6, 6.07) is 0. The number of aliphatic hydroxyl groups excluding tert-OH is 1. The van der Waals surface area contributed by atoms with Crippen LogP contribution in [0.15, 0.2) is 12.4 Å². The maximum atomic E-state index is 12.2. The predicted octanol–water partition coefficient (Wildman–Crippen LogP) is 2.76. The van der Waals surface area contributed by atoms with E-state index in [1.807, 2.05) is 20.8 Å². The first-order valence-corrected chi connectivity index (χ1v) is 11.8. The maximum Gasteiger partial charge on any atom is 0.410 e. The summed E-state index contributed by atoms with van der Waals surface area (Å²) in [4.78, 5) is 24.9. The Bertz CT molecular complexity index is 747. The van der Waals surface area contributed by atoms with Gasteiger partial charge in [0, 0.05) is 39.0 Å². The lowest BCUT2D eigenvalue weighted by Gasteiger charge is -2.40. The molecule has 9 heteroatoms. The van der Waals surface area contributed by atoms with Crippen molar-refractivity contribution in [3.8, 4) is 5.75 Å². The van der Waals surface area contributed by atoms with Crippen LogP contribution in [-0.2, 0) is 9.47 Å². The van der Waals surface area contributed by atoms with Gasteiger partial charge in [0.05, 0.1) is 30.7 Å². The molecule has 2 aliphatic heterocycles. The number of hydrogen-bond donors (Lipinski definition) is 1. The summed E-state index contributed by atoms with van der Waals surface area (Å²) in [7, 11) is 0. The Labute approximate surface area is 190 Å². The summed E-state index contributed by atoms with van der Waals surface area (Å²) in [6.07, 6.45) is 8.44. The molecule has 0 bridgehead atoms. The molecule has 178 valence electrons. The summed E-state index contributed by atoms with van der Waals surface area (Å²) < 4.78 is 17.7. The molecule has 0 atom stereocenters. The molecule has 0 unspecified atom stereocenters. The number of nitrogens with zero attached hydrogens (tertiary/aromatic N) is 4. The Balaban J connectivity index is 1.13. The predicted molar refractivity (Wildman–Crippen MR) is 119 cm³/mol. The molecule has 3 heterocycles. The van der Waals surface area contributed by atoms with E-state index >= 15 is 0 Å². The first-order valence-electron chi connectivity index (χ1n) is 11.8. The molecule has 3 fully saturated rings. The monoisotopic (exact) mass is 448 g/mol. The number of carbonyl (C=O) groups excluding carboxylic acids is 1. The molecule has 2 saturated heterocycles. The largest absolute Gasteiger partial charge is 0.487 e. The molecular formula is C23H36N4O5. The second-order valence-corrected chi connectivity index (χ2v) is 10.1. The molecule has 1 aromatic rings. The standard InChI is InChI=1S/C23H36N4O5/c1-23(2,3)32-22(29)27-10-6-17(7-11-27)30-18-12-19(13-18)31-20-14-24-21(25-15-20)26-8-4-16(28)5-9-26/h14-19,28H,4-13H2,1-3H3/t18-,19-. The summed E-state index contributed by atoms with van der Waals surface area (Å²) in [6.45, 7) is 8.56. The van der Waals surface area contributed by atoms with Crippen molar-refractivity contribution >= 4 is 12.0 Å². The molecule has 1 saturated carbocycles. The van der Waals surface area contributed by atoms with Gasteiger partial charge in [-0.3, -0.25) is 0 Å². The van der Waals surface area contributed by atoms with Gasteiger partial charge in [-0.1, -0.05) is 0 Å². The Hall–Kier alpha value is -2.13. The maximum absolute atomic E-state index is 12.2. The number of carbonyl (C=O) groups is 1. The molecule has 9 nitrogen and oxygen atoms in total. The van der Waals surface area contributed by atoms with Gasteiger partial charge < -0.3 is 29.1 Å². The third-order valence-electron chi connectivity index (χ3n) is 6.19. The minimum atomic E-state index is -0.464. The van der Waals surface area contributed by atoms with Crippen molar-refractivity contribution in [3.05, 3.63) is 12.4 Å². The second-order valence-electron chi connectivity index (χ2n) is 10.1. The van der Waals surface area contributed by atoms with Gasteiger partial charge in [-0.05, 0) is 46.5 Å². The van der Waals surface area contributed by atoms with Crippen LogP contribution in [-0.4, -0.2) is 82.3 Å². The van der Waals surface area contributed by atoms with Crippen molar-refractivity contribution in [3.63, 3.8) is 0 Å². The van der Waals surface area contributed by atoms with Crippen molar-refractivity contribution in [1.29, 1.82) is 0 Å². The third kappa shape index (κ3) is 6.22. The molecule has 0 spiro atoms. The molecule has 1 N–H and O–H groups in total.